The van der Waals surface area contributed by atoms with Crippen LogP contribution in [0.15, 0.2) is 35.0 Å². The molecule has 8 heteroatoms. The quantitative estimate of drug-likeness (QED) is 0.744. The molecule has 1 aromatic carbocycles. The maximum absolute atomic E-state index is 13.8. The van der Waals surface area contributed by atoms with E-state index in [0.717, 1.165) is 0 Å². The third-order valence-corrected chi connectivity index (χ3v) is 5.07. The molecular weight excluding hydrogens is 368 g/mol. The number of rotatable bonds is 7. The number of amides is 1. The molecule has 2 aliphatic heterocycles. The van der Waals surface area contributed by atoms with Gasteiger partial charge >= 0.3 is 0 Å². The third kappa shape index (κ3) is 4.01. The van der Waals surface area contributed by atoms with Crippen molar-refractivity contribution in [2.24, 2.45) is 4.99 Å². The molecule has 3 rings (SSSR count). The maximum Gasteiger partial charge on any atom is 0.245 e. The lowest BCUT2D eigenvalue weighted by Gasteiger charge is -2.32. The van der Waals surface area contributed by atoms with Crippen LogP contribution >= 0.6 is 0 Å². The Labute approximate surface area is 162 Å². The predicted octanol–water partition coefficient (Wildman–Crippen LogP) is 2.13. The monoisotopic (exact) mass is 393 g/mol. The second-order valence-corrected chi connectivity index (χ2v) is 6.97. The number of aliphatic hydroxyl groups is 1. The Morgan fingerprint density at radius 2 is 2.14 bits per heavy atom. The minimum absolute atomic E-state index is 0.125. The van der Waals surface area contributed by atoms with Gasteiger partial charge in [0.15, 0.2) is 11.6 Å². The van der Waals surface area contributed by atoms with Crippen LogP contribution in [0.3, 0.4) is 0 Å². The highest BCUT2D eigenvalue weighted by atomic mass is 19.1. The van der Waals surface area contributed by atoms with E-state index in [9.17, 15) is 18.7 Å². The van der Waals surface area contributed by atoms with E-state index in [1.165, 1.54) is 18.2 Å². The standard InChI is InChI=1S/C20H25F2N3O3/c1-3-13(10-26)24-20(27)18-12(2)23-19-17(8-5-9-25(18)19)28-11-14-15(21)6-4-7-16(14)22/h4,6-8,12-13,18,26H,3,5,9-11H2,1-2H3,(H,24,27)/t12?,13-,18?/m1/s1. The molecule has 0 radical (unpaired) electrons. The molecule has 2 aliphatic rings. The van der Waals surface area contributed by atoms with Crippen LogP contribution in [0.2, 0.25) is 0 Å². The Bertz CT molecular complexity index is 773. The molecule has 2 heterocycles. The molecule has 0 fully saturated rings. The number of carbonyl (C=O) groups excluding carboxylic acids is 1. The lowest BCUT2D eigenvalue weighted by atomic mass is 10.1. The first-order chi connectivity index (χ1) is 13.5. The minimum atomic E-state index is -0.665. The van der Waals surface area contributed by atoms with Gasteiger partial charge < -0.3 is 20.1 Å². The summed E-state index contributed by atoms with van der Waals surface area (Å²) in [6.45, 7) is 3.94. The van der Waals surface area contributed by atoms with Crippen LogP contribution in [0, 0.1) is 11.6 Å². The number of amidine groups is 1. The van der Waals surface area contributed by atoms with Crippen LogP contribution in [0.4, 0.5) is 8.78 Å². The summed E-state index contributed by atoms with van der Waals surface area (Å²) >= 11 is 0. The molecule has 28 heavy (non-hydrogen) atoms. The van der Waals surface area contributed by atoms with E-state index >= 15 is 0 Å². The maximum atomic E-state index is 13.8. The molecule has 2 unspecified atom stereocenters. The van der Waals surface area contributed by atoms with Gasteiger partial charge in [-0.05, 0) is 38.0 Å². The van der Waals surface area contributed by atoms with Gasteiger partial charge in [0, 0.05) is 6.54 Å². The van der Waals surface area contributed by atoms with Crippen molar-refractivity contribution >= 4 is 11.7 Å². The summed E-state index contributed by atoms with van der Waals surface area (Å²) in [5.41, 5.74) is -0.143. The number of aliphatic hydroxyl groups excluding tert-OH is 1. The molecule has 0 bridgehead atoms. The van der Waals surface area contributed by atoms with Crippen molar-refractivity contribution in [2.45, 2.75) is 51.4 Å². The first-order valence-corrected chi connectivity index (χ1v) is 9.48. The van der Waals surface area contributed by atoms with E-state index in [2.05, 4.69) is 10.3 Å². The Hall–Kier alpha value is -2.48. The first kappa shape index (κ1) is 20.3. The summed E-state index contributed by atoms with van der Waals surface area (Å²) in [6.07, 6.45) is 3.07. The number of hydrogen-bond donors (Lipinski definition) is 2. The van der Waals surface area contributed by atoms with Crippen LogP contribution in [0.1, 0.15) is 32.3 Å². The SMILES string of the molecule is CC[C@H](CO)NC(=O)C1C(C)N=C2C(OCc3c(F)cccc3F)=CCCN21. The van der Waals surface area contributed by atoms with Gasteiger partial charge in [0.2, 0.25) is 5.91 Å². The zero-order valence-electron chi connectivity index (χ0n) is 16.0. The number of halogens is 2. The molecule has 1 amide bonds. The molecule has 0 aliphatic carbocycles. The molecule has 2 N–H and O–H groups in total. The molecular formula is C20H25F2N3O3. The summed E-state index contributed by atoms with van der Waals surface area (Å²) in [5, 5.41) is 12.2. The highest BCUT2D eigenvalue weighted by molar-refractivity contribution is 6.02. The largest absolute Gasteiger partial charge is 0.485 e. The lowest BCUT2D eigenvalue weighted by Crippen LogP contribution is -2.53. The molecule has 0 spiro atoms. The number of aliphatic imine (C=N–C) groups is 1. The summed E-state index contributed by atoms with van der Waals surface area (Å²) < 4.78 is 33.4. The molecule has 0 saturated carbocycles. The Balaban J connectivity index is 1.71. The van der Waals surface area contributed by atoms with Crippen LogP contribution in [-0.2, 0) is 16.1 Å². The van der Waals surface area contributed by atoms with Crippen LogP contribution in [0.25, 0.3) is 0 Å². The van der Waals surface area contributed by atoms with Gasteiger partial charge in [-0.2, -0.15) is 0 Å². The van der Waals surface area contributed by atoms with Crippen molar-refractivity contribution in [2.75, 3.05) is 13.2 Å². The summed E-state index contributed by atoms with van der Waals surface area (Å²) in [7, 11) is 0. The third-order valence-electron chi connectivity index (χ3n) is 5.07. The minimum Gasteiger partial charge on any atom is -0.485 e. The predicted molar refractivity (Wildman–Crippen MR) is 101 cm³/mol. The van der Waals surface area contributed by atoms with Gasteiger partial charge in [0.1, 0.15) is 24.3 Å². The summed E-state index contributed by atoms with van der Waals surface area (Å²) in [4.78, 5) is 19.1. The number of nitrogens with one attached hydrogen (secondary N) is 1. The van der Waals surface area contributed by atoms with Gasteiger partial charge in [-0.3, -0.25) is 9.79 Å². The van der Waals surface area contributed by atoms with Gasteiger partial charge in [0.25, 0.3) is 0 Å². The van der Waals surface area contributed by atoms with Crippen molar-refractivity contribution in [1.29, 1.82) is 0 Å². The van der Waals surface area contributed by atoms with E-state index in [1.54, 1.807) is 0 Å². The zero-order valence-corrected chi connectivity index (χ0v) is 16.0. The van der Waals surface area contributed by atoms with Gasteiger partial charge in [-0.15, -0.1) is 0 Å². The summed E-state index contributed by atoms with van der Waals surface area (Å²) in [5.74, 6) is -0.588. The Morgan fingerprint density at radius 1 is 1.43 bits per heavy atom. The fraction of sp³-hybridized carbons (Fsp3) is 0.500. The van der Waals surface area contributed by atoms with E-state index in [0.29, 0.717) is 31.0 Å². The van der Waals surface area contributed by atoms with Crippen molar-refractivity contribution < 1.29 is 23.4 Å². The van der Waals surface area contributed by atoms with Crippen LogP contribution in [0.5, 0.6) is 0 Å². The first-order valence-electron chi connectivity index (χ1n) is 9.48. The van der Waals surface area contributed by atoms with Crippen molar-refractivity contribution in [3.63, 3.8) is 0 Å². The van der Waals surface area contributed by atoms with E-state index in [-0.39, 0.29) is 36.8 Å². The zero-order chi connectivity index (χ0) is 20.3. The Kier molecular flexibility index (Phi) is 6.28. The van der Waals surface area contributed by atoms with Crippen molar-refractivity contribution in [3.05, 3.63) is 47.2 Å². The topological polar surface area (TPSA) is 74.2 Å². The fourth-order valence-corrected chi connectivity index (χ4v) is 3.47. The van der Waals surface area contributed by atoms with Crippen LogP contribution in [-0.4, -0.2) is 53.0 Å². The van der Waals surface area contributed by atoms with E-state index in [4.69, 9.17) is 4.74 Å². The van der Waals surface area contributed by atoms with Crippen LogP contribution < -0.4 is 5.32 Å². The van der Waals surface area contributed by atoms with Gasteiger partial charge in [0.05, 0.1) is 24.3 Å². The average molecular weight is 393 g/mol. The smallest absolute Gasteiger partial charge is 0.245 e. The van der Waals surface area contributed by atoms with Gasteiger partial charge in [-0.1, -0.05) is 13.0 Å². The number of ether oxygens (including phenoxy) is 1. The fourth-order valence-electron chi connectivity index (χ4n) is 3.47. The number of hydrogen-bond acceptors (Lipinski definition) is 5. The number of nitrogens with zero attached hydrogens (tertiary/aromatic N) is 2. The lowest BCUT2D eigenvalue weighted by molar-refractivity contribution is -0.126. The molecule has 1 aromatic rings. The molecule has 3 atom stereocenters. The van der Waals surface area contributed by atoms with E-state index in [1.807, 2.05) is 24.8 Å². The number of fused-ring (bicyclic) bond motifs is 1. The Morgan fingerprint density at radius 3 is 2.79 bits per heavy atom. The highest BCUT2D eigenvalue weighted by Gasteiger charge is 2.41. The molecule has 0 aromatic heterocycles. The van der Waals surface area contributed by atoms with E-state index < -0.39 is 17.7 Å². The second kappa shape index (κ2) is 8.68. The second-order valence-electron chi connectivity index (χ2n) is 6.97. The summed E-state index contributed by atoms with van der Waals surface area (Å²) in [6, 6.07) is 2.56. The number of carbonyl (C=O) groups is 1. The van der Waals surface area contributed by atoms with Gasteiger partial charge in [-0.25, -0.2) is 8.78 Å². The highest BCUT2D eigenvalue weighted by Crippen LogP contribution is 2.27. The molecule has 0 saturated heterocycles. The van der Waals surface area contributed by atoms with Crippen molar-refractivity contribution in [3.8, 4) is 0 Å². The van der Waals surface area contributed by atoms with Crippen molar-refractivity contribution in [1.82, 2.24) is 10.2 Å². The molecule has 6 nitrogen and oxygen atoms in total. The normalized spacial score (nSPS) is 22.2. The molecule has 152 valence electrons. The number of benzene rings is 1. The average Bonchev–Trinajstić information content (AvgIpc) is 3.02.